The number of hydrogen-bond donors (Lipinski definition) is 2. The molecule has 4 amide bonds. The standard InChI is InChI=1S/C37H42N8O4/c1-25-39-23-30(34(40-25)27-12-7-4-8-13-27)37(49)44-19-9-14-33(47)45(20-17-26-10-5-3-6-11-26)24-32(46)41-28-15-16-31-29(22-28)35(42-43(31)2)36(48)38-18-21-44/h3-8,10-13,23,28H,9,14-22,24H2,1-2H3,(H,38,48)(H,41,46). The van der Waals surface area contributed by atoms with E-state index >= 15 is 0 Å². The number of carbonyl (C=O) groups excluding carboxylic acids is 4. The van der Waals surface area contributed by atoms with E-state index in [-0.39, 0.29) is 62.3 Å². The van der Waals surface area contributed by atoms with E-state index < -0.39 is 0 Å². The van der Waals surface area contributed by atoms with Crippen molar-refractivity contribution < 1.29 is 19.2 Å². The second-order valence-electron chi connectivity index (χ2n) is 12.7. The average Bonchev–Trinajstić information content (AvgIpc) is 3.44. The molecular formula is C37H42N8O4. The highest BCUT2D eigenvalue weighted by atomic mass is 16.2. The maximum atomic E-state index is 14.2. The van der Waals surface area contributed by atoms with Crippen molar-refractivity contribution in [3.8, 4) is 11.3 Å². The summed E-state index contributed by atoms with van der Waals surface area (Å²) in [5.74, 6) is -0.472. The number of amides is 4. The van der Waals surface area contributed by atoms with Crippen molar-refractivity contribution in [2.45, 2.75) is 51.5 Å². The van der Waals surface area contributed by atoms with Gasteiger partial charge in [0.05, 0.1) is 17.8 Å². The van der Waals surface area contributed by atoms with Gasteiger partial charge in [-0.05, 0) is 44.6 Å². The minimum atomic E-state index is -0.327. The molecule has 0 fully saturated rings. The van der Waals surface area contributed by atoms with Crippen molar-refractivity contribution in [1.29, 1.82) is 0 Å². The fraction of sp³-hybridized carbons (Fsp3) is 0.378. The van der Waals surface area contributed by atoms with Crippen LogP contribution in [0.15, 0.2) is 66.9 Å². The molecule has 1 unspecified atom stereocenters. The lowest BCUT2D eigenvalue weighted by atomic mass is 9.91. The second-order valence-corrected chi connectivity index (χ2v) is 12.7. The smallest absolute Gasteiger partial charge is 0.272 e. The van der Waals surface area contributed by atoms with Crippen molar-refractivity contribution in [2.24, 2.45) is 7.05 Å². The molecule has 3 heterocycles. The highest BCUT2D eigenvalue weighted by Crippen LogP contribution is 2.25. The van der Waals surface area contributed by atoms with Gasteiger partial charge in [-0.25, -0.2) is 9.97 Å². The second kappa shape index (κ2) is 15.2. The minimum absolute atomic E-state index is 0.0702. The number of rotatable bonds is 5. The van der Waals surface area contributed by atoms with E-state index in [1.165, 1.54) is 0 Å². The molecule has 0 spiro atoms. The summed E-state index contributed by atoms with van der Waals surface area (Å²) in [6.07, 6.45) is 4.51. The molecule has 1 atom stereocenters. The minimum Gasteiger partial charge on any atom is -0.351 e. The van der Waals surface area contributed by atoms with Gasteiger partial charge in [-0.2, -0.15) is 5.10 Å². The zero-order chi connectivity index (χ0) is 34.3. The first-order chi connectivity index (χ1) is 23.8. The third kappa shape index (κ3) is 8.02. The number of aryl methyl sites for hydroxylation is 2. The largest absolute Gasteiger partial charge is 0.351 e. The van der Waals surface area contributed by atoms with Crippen LogP contribution in [0, 0.1) is 6.92 Å². The first-order valence-corrected chi connectivity index (χ1v) is 16.9. The maximum absolute atomic E-state index is 14.2. The highest BCUT2D eigenvalue weighted by molar-refractivity contribution is 6.00. The summed E-state index contributed by atoms with van der Waals surface area (Å²) < 4.78 is 1.74. The molecule has 2 aromatic carbocycles. The molecule has 6 rings (SSSR count). The van der Waals surface area contributed by atoms with Crippen LogP contribution in [0.1, 0.15) is 62.8 Å². The van der Waals surface area contributed by atoms with Gasteiger partial charge in [0.25, 0.3) is 11.8 Å². The molecule has 254 valence electrons. The number of carbonyl (C=O) groups is 4. The van der Waals surface area contributed by atoms with Gasteiger partial charge in [0, 0.05) is 68.7 Å². The van der Waals surface area contributed by atoms with Gasteiger partial charge in [0.1, 0.15) is 5.82 Å². The van der Waals surface area contributed by atoms with E-state index in [1.54, 1.807) is 27.6 Å². The fourth-order valence-corrected chi connectivity index (χ4v) is 6.64. The Balaban J connectivity index is 1.28. The monoisotopic (exact) mass is 662 g/mol. The molecule has 12 nitrogen and oxygen atoms in total. The van der Waals surface area contributed by atoms with E-state index in [0.29, 0.717) is 61.4 Å². The zero-order valence-corrected chi connectivity index (χ0v) is 28.0. The topological polar surface area (TPSA) is 142 Å². The average molecular weight is 663 g/mol. The van der Waals surface area contributed by atoms with E-state index in [1.807, 2.05) is 67.7 Å². The molecule has 1 aliphatic carbocycles. The normalized spacial score (nSPS) is 17.7. The number of aromatic nitrogens is 4. The third-order valence-electron chi connectivity index (χ3n) is 9.20. The first kappa shape index (κ1) is 33.5. The van der Waals surface area contributed by atoms with Gasteiger partial charge in [0.15, 0.2) is 5.69 Å². The van der Waals surface area contributed by atoms with E-state index in [9.17, 15) is 19.2 Å². The summed E-state index contributed by atoms with van der Waals surface area (Å²) in [5, 5.41) is 10.6. The Morgan fingerprint density at radius 3 is 2.49 bits per heavy atom. The molecule has 0 saturated carbocycles. The van der Waals surface area contributed by atoms with Crippen LogP contribution in [0.4, 0.5) is 0 Å². The Bertz CT molecular complexity index is 1820. The van der Waals surface area contributed by atoms with Crippen LogP contribution in [-0.2, 0) is 35.9 Å². The fourth-order valence-electron chi connectivity index (χ4n) is 6.64. The molecular weight excluding hydrogens is 620 g/mol. The summed E-state index contributed by atoms with van der Waals surface area (Å²) in [5.41, 5.74) is 4.84. The van der Waals surface area contributed by atoms with Gasteiger partial charge in [-0.3, -0.25) is 23.9 Å². The van der Waals surface area contributed by atoms with Crippen LogP contribution in [0.25, 0.3) is 11.3 Å². The highest BCUT2D eigenvalue weighted by Gasteiger charge is 2.30. The lowest BCUT2D eigenvalue weighted by molar-refractivity contribution is -0.136. The van der Waals surface area contributed by atoms with Crippen molar-refractivity contribution in [1.82, 2.24) is 40.2 Å². The van der Waals surface area contributed by atoms with Crippen LogP contribution in [0.3, 0.4) is 0 Å². The first-order valence-electron chi connectivity index (χ1n) is 16.9. The van der Waals surface area contributed by atoms with Crippen molar-refractivity contribution in [3.63, 3.8) is 0 Å². The molecule has 0 radical (unpaired) electrons. The summed E-state index contributed by atoms with van der Waals surface area (Å²) in [4.78, 5) is 66.9. The molecule has 0 saturated heterocycles. The predicted molar refractivity (Wildman–Crippen MR) is 184 cm³/mol. The lowest BCUT2D eigenvalue weighted by Crippen LogP contribution is -2.46. The van der Waals surface area contributed by atoms with Gasteiger partial charge < -0.3 is 20.4 Å². The van der Waals surface area contributed by atoms with Crippen LogP contribution < -0.4 is 10.6 Å². The van der Waals surface area contributed by atoms with E-state index in [0.717, 1.165) is 22.4 Å². The molecule has 49 heavy (non-hydrogen) atoms. The van der Waals surface area contributed by atoms with Crippen LogP contribution >= 0.6 is 0 Å². The molecule has 2 aliphatic rings. The molecule has 4 aromatic rings. The summed E-state index contributed by atoms with van der Waals surface area (Å²) in [6.45, 7) is 2.73. The number of nitrogens with zero attached hydrogens (tertiary/aromatic N) is 6. The summed E-state index contributed by atoms with van der Waals surface area (Å²) in [7, 11) is 1.82. The van der Waals surface area contributed by atoms with Crippen molar-refractivity contribution in [2.75, 3.05) is 32.7 Å². The van der Waals surface area contributed by atoms with Crippen molar-refractivity contribution >= 4 is 23.6 Å². The van der Waals surface area contributed by atoms with Gasteiger partial charge in [0.2, 0.25) is 11.8 Å². The predicted octanol–water partition coefficient (Wildman–Crippen LogP) is 2.90. The van der Waals surface area contributed by atoms with Gasteiger partial charge in [-0.15, -0.1) is 0 Å². The zero-order valence-electron chi connectivity index (χ0n) is 28.0. The van der Waals surface area contributed by atoms with Crippen molar-refractivity contribution in [3.05, 3.63) is 101 Å². The molecule has 1 aliphatic heterocycles. The molecule has 2 bridgehead atoms. The van der Waals surface area contributed by atoms with Crippen LogP contribution in [0.5, 0.6) is 0 Å². The maximum Gasteiger partial charge on any atom is 0.272 e. The number of benzene rings is 2. The number of fused-ring (bicyclic) bond motifs is 1. The SMILES string of the molecule is Cc1ncc(C(=O)N2CCCC(=O)N(CCc3ccccc3)CC(=O)NC3CCc4c(c(nn4C)C(=O)NCC2)C3)c(-c2ccccc2)n1. The molecule has 2 aromatic heterocycles. The van der Waals surface area contributed by atoms with Gasteiger partial charge in [-0.1, -0.05) is 60.7 Å². The quantitative estimate of drug-likeness (QED) is 0.335. The number of nitrogens with one attached hydrogen (secondary N) is 2. The number of hydrogen-bond acceptors (Lipinski definition) is 7. The van der Waals surface area contributed by atoms with Crippen LogP contribution in [-0.4, -0.2) is 91.9 Å². The Hall–Kier alpha value is -5.39. The Labute approximate surface area is 285 Å². The Kier molecular flexibility index (Phi) is 10.4. The van der Waals surface area contributed by atoms with E-state index in [4.69, 9.17) is 0 Å². The van der Waals surface area contributed by atoms with Gasteiger partial charge >= 0.3 is 0 Å². The summed E-state index contributed by atoms with van der Waals surface area (Å²) >= 11 is 0. The Morgan fingerprint density at radius 1 is 0.959 bits per heavy atom. The third-order valence-corrected chi connectivity index (χ3v) is 9.20. The van der Waals surface area contributed by atoms with E-state index in [2.05, 4.69) is 25.7 Å². The molecule has 2 N–H and O–H groups in total. The lowest BCUT2D eigenvalue weighted by Gasteiger charge is -2.27. The van der Waals surface area contributed by atoms with Crippen LogP contribution in [0.2, 0.25) is 0 Å². The molecule has 12 heteroatoms. The summed E-state index contributed by atoms with van der Waals surface area (Å²) in [6, 6.07) is 19.2. The Morgan fingerprint density at radius 2 is 1.71 bits per heavy atom.